The number of hydrogen-bond donors (Lipinski definition) is 0. The molecule has 2 heterocycles. The molecule has 0 aliphatic rings. The van der Waals surface area contributed by atoms with Crippen LogP contribution in [0.25, 0.3) is 0 Å². The van der Waals surface area contributed by atoms with Crippen LogP contribution in [0, 0.1) is 0 Å². The van der Waals surface area contributed by atoms with Crippen molar-refractivity contribution in [2.24, 2.45) is 0 Å². The van der Waals surface area contributed by atoms with E-state index in [0.717, 1.165) is 10.4 Å². The van der Waals surface area contributed by atoms with E-state index in [1.165, 1.54) is 0 Å². The molecule has 3 nitrogen and oxygen atoms in total. The second-order valence-electron chi connectivity index (χ2n) is 2.55. The lowest BCUT2D eigenvalue weighted by Crippen LogP contribution is -1.82. The van der Waals surface area contributed by atoms with E-state index >= 15 is 0 Å². The van der Waals surface area contributed by atoms with Crippen LogP contribution in [0.4, 0.5) is 0 Å². The van der Waals surface area contributed by atoms with Crippen molar-refractivity contribution in [2.45, 2.75) is 0 Å². The van der Waals surface area contributed by atoms with Gasteiger partial charge in [0.2, 0.25) is 0 Å². The van der Waals surface area contributed by atoms with E-state index in [-0.39, 0.29) is 0 Å². The zero-order valence-electron chi connectivity index (χ0n) is 8.30. The summed E-state index contributed by atoms with van der Waals surface area (Å²) in [5.41, 5.74) is 0. The van der Waals surface area contributed by atoms with E-state index in [2.05, 4.69) is 25.9 Å². The number of methoxy groups -OCH3 is 1. The highest BCUT2D eigenvalue weighted by Gasteiger charge is 1.88. The third-order valence-corrected chi connectivity index (χ3v) is 1.97. The Morgan fingerprint density at radius 2 is 1.87 bits per heavy atom. The fraction of sp³-hybridized carbons (Fsp3) is 0.0909. The zero-order valence-corrected chi connectivity index (χ0v) is 9.89. The molecule has 0 aliphatic heterocycles. The van der Waals surface area contributed by atoms with Gasteiger partial charge in [-0.2, -0.15) is 0 Å². The lowest BCUT2D eigenvalue weighted by Gasteiger charge is -1.95. The lowest BCUT2D eigenvalue weighted by atomic mass is 10.5. The third-order valence-electron chi connectivity index (χ3n) is 1.50. The molecular weight excluding hydrogens is 256 g/mol. The summed E-state index contributed by atoms with van der Waals surface area (Å²) in [6, 6.07) is 9.39. The first-order chi connectivity index (χ1) is 7.33. The van der Waals surface area contributed by atoms with E-state index in [0.29, 0.717) is 0 Å². The smallest absolute Gasteiger partial charge is 0.137 e. The summed E-state index contributed by atoms with van der Waals surface area (Å²) in [4.78, 5) is 7.73. The summed E-state index contributed by atoms with van der Waals surface area (Å²) >= 11 is 3.21. The van der Waals surface area contributed by atoms with Crippen molar-refractivity contribution >= 4 is 15.9 Å². The number of nitrogens with zero attached hydrogens (tertiary/aromatic N) is 2. The Bertz CT molecular complexity index is 337. The highest BCUT2D eigenvalue weighted by Crippen LogP contribution is 2.11. The predicted octanol–water partition coefficient (Wildman–Crippen LogP) is 2.93. The molecule has 0 saturated heterocycles. The van der Waals surface area contributed by atoms with Crippen molar-refractivity contribution in [3.63, 3.8) is 0 Å². The van der Waals surface area contributed by atoms with Gasteiger partial charge in [-0.05, 0) is 40.2 Å². The van der Waals surface area contributed by atoms with Gasteiger partial charge in [0.1, 0.15) is 10.4 Å². The Balaban J connectivity index is 0.000000162. The molecule has 0 bridgehead atoms. The average molecular weight is 267 g/mol. The monoisotopic (exact) mass is 266 g/mol. The van der Waals surface area contributed by atoms with Gasteiger partial charge in [-0.15, -0.1) is 0 Å². The van der Waals surface area contributed by atoms with Gasteiger partial charge in [0.05, 0.1) is 13.3 Å². The third kappa shape index (κ3) is 5.12. The van der Waals surface area contributed by atoms with E-state index in [4.69, 9.17) is 4.74 Å². The second-order valence-corrected chi connectivity index (χ2v) is 3.36. The first-order valence-corrected chi connectivity index (χ1v) is 5.13. The van der Waals surface area contributed by atoms with Crippen molar-refractivity contribution in [3.05, 3.63) is 53.5 Å². The van der Waals surface area contributed by atoms with Gasteiger partial charge < -0.3 is 4.74 Å². The van der Waals surface area contributed by atoms with Crippen LogP contribution in [0.3, 0.4) is 0 Å². The minimum absolute atomic E-state index is 0.776. The Labute approximate surface area is 97.3 Å². The van der Waals surface area contributed by atoms with Crippen molar-refractivity contribution in [1.29, 1.82) is 0 Å². The molecule has 78 valence electrons. The molecule has 0 amide bonds. The molecule has 0 aromatic carbocycles. The molecule has 0 fully saturated rings. The molecule has 0 unspecified atom stereocenters. The molecule has 0 spiro atoms. The summed E-state index contributed by atoms with van der Waals surface area (Å²) in [6.07, 6.45) is 5.16. The second kappa shape index (κ2) is 6.95. The first kappa shape index (κ1) is 11.7. The Hall–Kier alpha value is -1.42. The largest absolute Gasteiger partial charge is 0.495 e. The van der Waals surface area contributed by atoms with Crippen LogP contribution in [-0.4, -0.2) is 17.1 Å². The zero-order chi connectivity index (χ0) is 10.9. The topological polar surface area (TPSA) is 35.0 Å². The van der Waals surface area contributed by atoms with Crippen LogP contribution >= 0.6 is 15.9 Å². The van der Waals surface area contributed by atoms with Crippen LogP contribution in [0.5, 0.6) is 5.75 Å². The fourth-order valence-corrected chi connectivity index (χ4v) is 1.03. The molecule has 0 aliphatic carbocycles. The van der Waals surface area contributed by atoms with Gasteiger partial charge in [0, 0.05) is 12.4 Å². The van der Waals surface area contributed by atoms with E-state index in [9.17, 15) is 0 Å². The molecule has 2 rings (SSSR count). The van der Waals surface area contributed by atoms with E-state index in [1.54, 1.807) is 25.7 Å². The first-order valence-electron chi connectivity index (χ1n) is 4.33. The standard InChI is InChI=1S/C6H6BrNO.C5H5N/c1-9-5-2-3-6(7)8-4-5;1-2-4-6-5-3-1/h2-4H,1H3;1-5H. The van der Waals surface area contributed by atoms with Gasteiger partial charge in [0.15, 0.2) is 0 Å². The predicted molar refractivity (Wildman–Crippen MR) is 62.7 cm³/mol. The number of ether oxygens (including phenoxy) is 1. The maximum Gasteiger partial charge on any atom is 0.137 e. The molecule has 15 heavy (non-hydrogen) atoms. The van der Waals surface area contributed by atoms with E-state index in [1.807, 2.05) is 30.3 Å². The normalized spacial score (nSPS) is 8.67. The van der Waals surface area contributed by atoms with Crippen LogP contribution in [0.15, 0.2) is 53.5 Å². The number of pyridine rings is 2. The number of aromatic nitrogens is 2. The summed E-state index contributed by atoms with van der Waals surface area (Å²) in [7, 11) is 1.62. The Morgan fingerprint density at radius 3 is 2.20 bits per heavy atom. The van der Waals surface area contributed by atoms with Crippen molar-refractivity contribution in [3.8, 4) is 5.75 Å². The SMILES string of the molecule is COc1ccc(Br)nc1.c1ccncc1. The van der Waals surface area contributed by atoms with Gasteiger partial charge in [-0.25, -0.2) is 4.98 Å². The molecule has 2 aromatic rings. The maximum absolute atomic E-state index is 4.89. The molecule has 0 N–H and O–H groups in total. The van der Waals surface area contributed by atoms with Crippen LogP contribution in [0.1, 0.15) is 0 Å². The van der Waals surface area contributed by atoms with Crippen molar-refractivity contribution in [2.75, 3.05) is 7.11 Å². The molecule has 4 heteroatoms. The lowest BCUT2D eigenvalue weighted by molar-refractivity contribution is 0.412. The molecule has 0 atom stereocenters. The summed E-state index contributed by atoms with van der Waals surface area (Å²) in [6.45, 7) is 0. The van der Waals surface area contributed by atoms with Crippen molar-refractivity contribution in [1.82, 2.24) is 9.97 Å². The van der Waals surface area contributed by atoms with E-state index < -0.39 is 0 Å². The molecule has 2 aromatic heterocycles. The summed E-state index contributed by atoms with van der Waals surface area (Å²) < 4.78 is 5.71. The summed E-state index contributed by atoms with van der Waals surface area (Å²) in [5, 5.41) is 0. The minimum Gasteiger partial charge on any atom is -0.495 e. The number of rotatable bonds is 1. The Morgan fingerprint density at radius 1 is 1.13 bits per heavy atom. The summed E-state index contributed by atoms with van der Waals surface area (Å²) in [5.74, 6) is 0.776. The van der Waals surface area contributed by atoms with Gasteiger partial charge in [0.25, 0.3) is 0 Å². The number of hydrogen-bond acceptors (Lipinski definition) is 3. The molecule has 0 saturated carbocycles. The highest BCUT2D eigenvalue weighted by atomic mass is 79.9. The average Bonchev–Trinajstić information content (AvgIpc) is 2.33. The van der Waals surface area contributed by atoms with Gasteiger partial charge in [-0.1, -0.05) is 6.07 Å². The van der Waals surface area contributed by atoms with Gasteiger partial charge in [-0.3, -0.25) is 4.98 Å². The highest BCUT2D eigenvalue weighted by molar-refractivity contribution is 9.10. The van der Waals surface area contributed by atoms with Crippen molar-refractivity contribution < 1.29 is 4.74 Å². The van der Waals surface area contributed by atoms with Crippen LogP contribution in [0.2, 0.25) is 0 Å². The van der Waals surface area contributed by atoms with Crippen LogP contribution in [-0.2, 0) is 0 Å². The number of halogens is 1. The molecular formula is C11H11BrN2O. The fourth-order valence-electron chi connectivity index (χ4n) is 0.796. The van der Waals surface area contributed by atoms with Gasteiger partial charge >= 0.3 is 0 Å². The van der Waals surface area contributed by atoms with Crippen LogP contribution < -0.4 is 4.74 Å². The minimum atomic E-state index is 0.776. The quantitative estimate of drug-likeness (QED) is 0.745. The maximum atomic E-state index is 4.89. The Kier molecular flexibility index (Phi) is 5.40. The molecule has 0 radical (unpaired) electrons.